The largest absolute Gasteiger partial charge is 0.343 e. The lowest BCUT2D eigenvalue weighted by Crippen LogP contribution is -2.52. The average Bonchev–Trinajstić information content (AvgIpc) is 3.15. The standard InChI is InChI=1S/C24H32N2O/c1-17-15-18(2)21(19(3)16-17)23(27)25-22(20-11-7-6-8-12-20)24(4,5)26-13-9-10-14-26/h6-8,11-12,15-16,22H,9-10,13-14H2,1-5H3,(H,25,27). The van der Waals surface area contributed by atoms with Crippen LogP contribution < -0.4 is 5.32 Å². The van der Waals surface area contributed by atoms with Crippen molar-refractivity contribution in [3.63, 3.8) is 0 Å². The van der Waals surface area contributed by atoms with E-state index in [1.807, 2.05) is 19.9 Å². The summed E-state index contributed by atoms with van der Waals surface area (Å²) in [6.45, 7) is 12.8. The summed E-state index contributed by atoms with van der Waals surface area (Å²) in [4.78, 5) is 15.8. The molecule has 1 aliphatic heterocycles. The first kappa shape index (κ1) is 19.6. The van der Waals surface area contributed by atoms with Crippen LogP contribution in [0.25, 0.3) is 0 Å². The molecular formula is C24H32N2O. The zero-order valence-corrected chi connectivity index (χ0v) is 17.3. The molecule has 27 heavy (non-hydrogen) atoms. The molecule has 1 atom stereocenters. The molecule has 3 rings (SSSR count). The molecule has 1 fully saturated rings. The Morgan fingerprint density at radius 2 is 1.56 bits per heavy atom. The molecular weight excluding hydrogens is 332 g/mol. The van der Waals surface area contributed by atoms with Gasteiger partial charge in [-0.1, -0.05) is 48.0 Å². The Morgan fingerprint density at radius 3 is 2.11 bits per heavy atom. The first-order valence-corrected chi connectivity index (χ1v) is 9.99. The smallest absolute Gasteiger partial charge is 0.252 e. The molecule has 2 aromatic rings. The van der Waals surface area contributed by atoms with Crippen molar-refractivity contribution in [2.24, 2.45) is 0 Å². The molecule has 0 aliphatic carbocycles. The highest BCUT2D eigenvalue weighted by atomic mass is 16.1. The normalized spacial score (nSPS) is 16.3. The van der Waals surface area contributed by atoms with Gasteiger partial charge in [-0.05, 0) is 77.2 Å². The summed E-state index contributed by atoms with van der Waals surface area (Å²) in [6.07, 6.45) is 2.46. The predicted molar refractivity (Wildman–Crippen MR) is 112 cm³/mol. The highest BCUT2D eigenvalue weighted by Crippen LogP contribution is 2.34. The molecule has 0 bridgehead atoms. The van der Waals surface area contributed by atoms with Crippen LogP contribution in [-0.4, -0.2) is 29.4 Å². The SMILES string of the molecule is Cc1cc(C)c(C(=O)NC(c2ccccc2)C(C)(C)N2CCCC2)c(C)c1. The maximum absolute atomic E-state index is 13.3. The highest BCUT2D eigenvalue weighted by Gasteiger charge is 2.38. The van der Waals surface area contributed by atoms with E-state index < -0.39 is 0 Å². The van der Waals surface area contributed by atoms with Gasteiger partial charge in [0.1, 0.15) is 0 Å². The lowest BCUT2D eigenvalue weighted by molar-refractivity contribution is 0.0777. The zero-order valence-electron chi connectivity index (χ0n) is 17.3. The second-order valence-corrected chi connectivity index (χ2v) is 8.44. The molecule has 144 valence electrons. The molecule has 0 radical (unpaired) electrons. The van der Waals surface area contributed by atoms with Gasteiger partial charge in [0.05, 0.1) is 6.04 Å². The van der Waals surface area contributed by atoms with Crippen molar-refractivity contribution in [3.05, 3.63) is 70.3 Å². The number of amides is 1. The molecule has 0 aromatic heterocycles. The van der Waals surface area contributed by atoms with Gasteiger partial charge in [0.2, 0.25) is 0 Å². The number of nitrogens with zero attached hydrogens (tertiary/aromatic N) is 1. The van der Waals surface area contributed by atoms with E-state index in [2.05, 4.69) is 67.4 Å². The summed E-state index contributed by atoms with van der Waals surface area (Å²) >= 11 is 0. The van der Waals surface area contributed by atoms with Gasteiger partial charge in [0.25, 0.3) is 5.91 Å². The monoisotopic (exact) mass is 364 g/mol. The summed E-state index contributed by atoms with van der Waals surface area (Å²) in [6, 6.07) is 14.5. The van der Waals surface area contributed by atoms with E-state index in [1.54, 1.807) is 0 Å². The second-order valence-electron chi connectivity index (χ2n) is 8.44. The third-order valence-electron chi connectivity index (χ3n) is 5.94. The fourth-order valence-corrected chi connectivity index (χ4v) is 4.53. The molecule has 0 saturated carbocycles. The first-order valence-electron chi connectivity index (χ1n) is 9.99. The number of nitrogens with one attached hydrogen (secondary N) is 1. The van der Waals surface area contributed by atoms with Crippen molar-refractivity contribution in [1.82, 2.24) is 10.2 Å². The molecule has 2 aromatic carbocycles. The first-order chi connectivity index (χ1) is 12.8. The van der Waals surface area contributed by atoms with Crippen molar-refractivity contribution in [2.75, 3.05) is 13.1 Å². The number of rotatable bonds is 5. The van der Waals surface area contributed by atoms with Gasteiger partial charge in [0.15, 0.2) is 0 Å². The van der Waals surface area contributed by atoms with Gasteiger partial charge in [-0.2, -0.15) is 0 Å². The van der Waals surface area contributed by atoms with Gasteiger partial charge in [-0.15, -0.1) is 0 Å². The van der Waals surface area contributed by atoms with Gasteiger partial charge >= 0.3 is 0 Å². The van der Waals surface area contributed by atoms with Crippen molar-refractivity contribution in [1.29, 1.82) is 0 Å². The van der Waals surface area contributed by atoms with Crippen LogP contribution in [0, 0.1) is 20.8 Å². The van der Waals surface area contributed by atoms with E-state index in [0.29, 0.717) is 0 Å². The third-order valence-corrected chi connectivity index (χ3v) is 5.94. The minimum absolute atomic E-state index is 0.0196. The summed E-state index contributed by atoms with van der Waals surface area (Å²) in [7, 11) is 0. The van der Waals surface area contributed by atoms with Gasteiger partial charge < -0.3 is 5.32 Å². The molecule has 3 heteroatoms. The minimum atomic E-state index is -0.153. The molecule has 1 aliphatic rings. The lowest BCUT2D eigenvalue weighted by Gasteiger charge is -2.42. The van der Waals surface area contributed by atoms with Crippen LogP contribution in [0.4, 0.5) is 0 Å². The molecule has 1 saturated heterocycles. The minimum Gasteiger partial charge on any atom is -0.343 e. The van der Waals surface area contributed by atoms with Crippen LogP contribution in [0.1, 0.15) is 65.3 Å². The van der Waals surface area contributed by atoms with E-state index in [0.717, 1.165) is 35.3 Å². The predicted octanol–water partition coefficient (Wildman–Crippen LogP) is 4.96. The Balaban J connectivity index is 1.96. The van der Waals surface area contributed by atoms with Gasteiger partial charge in [0, 0.05) is 11.1 Å². The Hall–Kier alpha value is -2.13. The van der Waals surface area contributed by atoms with E-state index in [9.17, 15) is 4.79 Å². The zero-order chi connectivity index (χ0) is 19.6. The topological polar surface area (TPSA) is 32.3 Å². The molecule has 1 heterocycles. The number of carbonyl (C=O) groups is 1. The summed E-state index contributed by atoms with van der Waals surface area (Å²) < 4.78 is 0. The van der Waals surface area contributed by atoms with Crippen LogP contribution in [0.5, 0.6) is 0 Å². The number of aryl methyl sites for hydroxylation is 3. The molecule has 3 nitrogen and oxygen atoms in total. The molecule has 1 amide bonds. The van der Waals surface area contributed by atoms with Crippen molar-refractivity contribution < 1.29 is 4.79 Å². The van der Waals surface area contributed by atoms with Crippen molar-refractivity contribution in [3.8, 4) is 0 Å². The fraction of sp³-hybridized carbons (Fsp3) is 0.458. The molecule has 1 N–H and O–H groups in total. The van der Waals surface area contributed by atoms with Crippen molar-refractivity contribution in [2.45, 2.75) is 59.0 Å². The number of likely N-dealkylation sites (tertiary alicyclic amines) is 1. The summed E-state index contributed by atoms with van der Waals surface area (Å²) in [5.41, 5.74) is 5.08. The number of hydrogen-bond donors (Lipinski definition) is 1. The summed E-state index contributed by atoms with van der Waals surface area (Å²) in [5.74, 6) is 0.0196. The Kier molecular flexibility index (Phi) is 5.71. The Bertz CT molecular complexity index is 781. The Morgan fingerprint density at radius 1 is 1.00 bits per heavy atom. The maximum atomic E-state index is 13.3. The van der Waals surface area contributed by atoms with Crippen LogP contribution in [0.15, 0.2) is 42.5 Å². The van der Waals surface area contributed by atoms with Crippen molar-refractivity contribution >= 4 is 5.91 Å². The lowest BCUT2D eigenvalue weighted by atomic mass is 9.86. The van der Waals surface area contributed by atoms with Gasteiger partial charge in [-0.25, -0.2) is 0 Å². The third kappa shape index (κ3) is 4.08. The van der Waals surface area contributed by atoms with E-state index >= 15 is 0 Å². The Labute approximate surface area is 163 Å². The highest BCUT2D eigenvalue weighted by molar-refractivity contribution is 5.97. The molecule has 1 unspecified atom stereocenters. The van der Waals surface area contributed by atoms with E-state index in [-0.39, 0.29) is 17.5 Å². The van der Waals surface area contributed by atoms with Gasteiger partial charge in [-0.3, -0.25) is 9.69 Å². The van der Waals surface area contributed by atoms with Crippen LogP contribution in [0.2, 0.25) is 0 Å². The quantitative estimate of drug-likeness (QED) is 0.813. The van der Waals surface area contributed by atoms with E-state index in [1.165, 1.54) is 18.4 Å². The number of carbonyl (C=O) groups excluding carboxylic acids is 1. The molecule has 0 spiro atoms. The van der Waals surface area contributed by atoms with Crippen LogP contribution in [-0.2, 0) is 0 Å². The number of benzene rings is 2. The average molecular weight is 365 g/mol. The van der Waals surface area contributed by atoms with E-state index in [4.69, 9.17) is 0 Å². The van der Waals surface area contributed by atoms with Crippen LogP contribution >= 0.6 is 0 Å². The maximum Gasteiger partial charge on any atom is 0.252 e. The van der Waals surface area contributed by atoms with Crippen LogP contribution in [0.3, 0.4) is 0 Å². The number of hydrogen-bond acceptors (Lipinski definition) is 2. The fourth-order valence-electron chi connectivity index (χ4n) is 4.53. The summed E-state index contributed by atoms with van der Waals surface area (Å²) in [5, 5.41) is 3.39. The second kappa shape index (κ2) is 7.85.